The number of carbonyl (C=O) groups excluding carboxylic acids is 1. The average Bonchev–Trinajstić information content (AvgIpc) is 2.97. The Bertz CT molecular complexity index is 1400. The fraction of sp³-hybridized carbons (Fsp3) is 0.400. The van der Waals surface area contributed by atoms with Crippen LogP contribution in [0.25, 0.3) is 0 Å². The highest BCUT2D eigenvalue weighted by Crippen LogP contribution is 2.28. The Balaban J connectivity index is 1.53. The molecule has 3 aromatic rings. The van der Waals surface area contributed by atoms with Gasteiger partial charge in [-0.1, -0.05) is 18.2 Å². The number of aromatic nitrogens is 1. The molecule has 4 rings (SSSR count). The molecule has 4 N–H and O–H groups in total. The van der Waals surface area contributed by atoms with Gasteiger partial charge in [-0.05, 0) is 67.8 Å². The fourth-order valence-electron chi connectivity index (χ4n) is 4.84. The van der Waals surface area contributed by atoms with Gasteiger partial charge in [-0.3, -0.25) is 14.1 Å². The molecule has 41 heavy (non-hydrogen) atoms. The summed E-state index contributed by atoms with van der Waals surface area (Å²) in [5, 5.41) is 20.6. The topological polar surface area (TPSA) is 133 Å². The number of pyridine rings is 1. The standard InChI is InChI=1S/C30H39N5O5S/c1-3-32-25-16-23(17-26(18-25)35-13-6-7-14-41(35,38)39)30(37)34-28(19-24-10-4-5-12-33-24)29(36)21-31-20-22-9-8-11-27(15-22)40-2/h4-5,8-12,15-18,28-29,31-32,36H,3,6-7,13-14,19-21H2,1-2H3,(H,34,37)/t28-,29?/m0/s1. The first-order chi connectivity index (χ1) is 19.8. The van der Waals surface area contributed by atoms with Gasteiger partial charge in [0.2, 0.25) is 10.0 Å². The van der Waals surface area contributed by atoms with Gasteiger partial charge >= 0.3 is 0 Å². The van der Waals surface area contributed by atoms with Crippen molar-refractivity contribution in [2.75, 3.05) is 42.1 Å². The molecule has 11 heteroatoms. The number of amides is 1. The molecule has 0 aliphatic carbocycles. The second-order valence-electron chi connectivity index (χ2n) is 10.0. The van der Waals surface area contributed by atoms with E-state index in [9.17, 15) is 18.3 Å². The fourth-order valence-corrected chi connectivity index (χ4v) is 6.46. The van der Waals surface area contributed by atoms with Gasteiger partial charge in [-0.25, -0.2) is 8.42 Å². The molecule has 1 saturated heterocycles. The van der Waals surface area contributed by atoms with Crippen molar-refractivity contribution in [1.29, 1.82) is 0 Å². The zero-order chi connectivity index (χ0) is 29.2. The molecule has 0 saturated carbocycles. The van der Waals surface area contributed by atoms with Gasteiger partial charge in [-0.2, -0.15) is 0 Å². The van der Waals surface area contributed by atoms with Crippen molar-refractivity contribution in [2.24, 2.45) is 0 Å². The minimum atomic E-state index is -3.46. The van der Waals surface area contributed by atoms with E-state index < -0.39 is 28.1 Å². The monoisotopic (exact) mass is 581 g/mol. The van der Waals surface area contributed by atoms with E-state index >= 15 is 0 Å². The summed E-state index contributed by atoms with van der Waals surface area (Å²) >= 11 is 0. The van der Waals surface area contributed by atoms with E-state index in [-0.39, 0.29) is 12.3 Å². The number of methoxy groups -OCH3 is 1. The van der Waals surface area contributed by atoms with Crippen molar-refractivity contribution in [3.63, 3.8) is 0 Å². The molecule has 1 amide bonds. The summed E-state index contributed by atoms with van der Waals surface area (Å²) in [4.78, 5) is 18.0. The Morgan fingerprint density at radius 2 is 1.98 bits per heavy atom. The summed E-state index contributed by atoms with van der Waals surface area (Å²) in [7, 11) is -1.84. The van der Waals surface area contributed by atoms with E-state index in [1.165, 1.54) is 4.31 Å². The number of rotatable bonds is 13. The third-order valence-electron chi connectivity index (χ3n) is 6.95. The molecular formula is C30H39N5O5S. The smallest absolute Gasteiger partial charge is 0.251 e. The van der Waals surface area contributed by atoms with Gasteiger partial charge < -0.3 is 25.8 Å². The molecule has 1 unspecified atom stereocenters. The number of sulfonamides is 1. The second kappa shape index (κ2) is 14.3. The number of aliphatic hydroxyl groups is 1. The Kier molecular flexibility index (Phi) is 10.6. The van der Waals surface area contributed by atoms with Crippen LogP contribution in [0.3, 0.4) is 0 Å². The number of benzene rings is 2. The van der Waals surface area contributed by atoms with Crippen LogP contribution in [0.2, 0.25) is 0 Å². The van der Waals surface area contributed by atoms with Gasteiger partial charge in [-0.15, -0.1) is 0 Å². The van der Waals surface area contributed by atoms with Gasteiger partial charge in [0.15, 0.2) is 0 Å². The van der Waals surface area contributed by atoms with Crippen LogP contribution in [0, 0.1) is 0 Å². The number of nitrogens with zero attached hydrogens (tertiary/aromatic N) is 2. The van der Waals surface area contributed by atoms with Crippen LogP contribution in [0.1, 0.15) is 41.4 Å². The molecule has 1 aliphatic heterocycles. The van der Waals surface area contributed by atoms with Crippen LogP contribution < -0.4 is 25.0 Å². The highest BCUT2D eigenvalue weighted by Gasteiger charge is 2.28. The normalized spacial score (nSPS) is 16.0. The second-order valence-corrected chi connectivity index (χ2v) is 12.1. The minimum Gasteiger partial charge on any atom is -0.497 e. The van der Waals surface area contributed by atoms with Gasteiger partial charge in [0, 0.05) is 55.7 Å². The van der Waals surface area contributed by atoms with E-state index in [0.29, 0.717) is 49.4 Å². The molecule has 2 aromatic carbocycles. The summed E-state index contributed by atoms with van der Waals surface area (Å²) < 4.78 is 32.3. The third kappa shape index (κ3) is 8.42. The number of carbonyl (C=O) groups is 1. The maximum Gasteiger partial charge on any atom is 0.251 e. The predicted octanol–water partition coefficient (Wildman–Crippen LogP) is 2.94. The molecule has 10 nitrogen and oxygen atoms in total. The minimum absolute atomic E-state index is 0.0844. The van der Waals surface area contributed by atoms with Crippen LogP contribution in [-0.4, -0.2) is 69.1 Å². The lowest BCUT2D eigenvalue weighted by atomic mass is 10.0. The van der Waals surface area contributed by atoms with E-state index in [1.807, 2.05) is 49.4 Å². The molecule has 0 bridgehead atoms. The largest absolute Gasteiger partial charge is 0.497 e. The van der Waals surface area contributed by atoms with Crippen LogP contribution in [0.5, 0.6) is 5.75 Å². The Hall–Kier alpha value is -3.67. The average molecular weight is 582 g/mol. The molecule has 2 heterocycles. The molecule has 220 valence electrons. The van der Waals surface area contributed by atoms with Crippen molar-refractivity contribution in [3.05, 3.63) is 83.7 Å². The SMILES string of the molecule is CCNc1cc(C(=O)N[C@@H](Cc2ccccn2)C(O)CNCc2cccc(OC)c2)cc(N2CCCCS2(=O)=O)c1. The first kappa shape index (κ1) is 30.3. The highest BCUT2D eigenvalue weighted by molar-refractivity contribution is 7.92. The molecule has 1 aliphatic rings. The Labute approximate surface area is 242 Å². The van der Waals surface area contributed by atoms with E-state index in [4.69, 9.17) is 4.74 Å². The summed E-state index contributed by atoms with van der Waals surface area (Å²) in [6.45, 7) is 3.65. The zero-order valence-electron chi connectivity index (χ0n) is 23.5. The molecular weight excluding hydrogens is 542 g/mol. The number of aliphatic hydroxyl groups excluding tert-OH is 1. The van der Waals surface area contributed by atoms with E-state index in [1.54, 1.807) is 31.5 Å². The molecule has 1 fully saturated rings. The van der Waals surface area contributed by atoms with Crippen molar-refractivity contribution in [3.8, 4) is 5.75 Å². The third-order valence-corrected chi connectivity index (χ3v) is 8.82. The Morgan fingerprint density at radius 1 is 1.12 bits per heavy atom. The molecule has 0 spiro atoms. The van der Waals surface area contributed by atoms with Crippen molar-refractivity contribution < 1.29 is 23.1 Å². The van der Waals surface area contributed by atoms with E-state index in [0.717, 1.165) is 23.4 Å². The first-order valence-corrected chi connectivity index (χ1v) is 15.5. The lowest BCUT2D eigenvalue weighted by Gasteiger charge is -2.29. The summed E-state index contributed by atoms with van der Waals surface area (Å²) in [5.74, 6) is 0.427. The van der Waals surface area contributed by atoms with Crippen LogP contribution in [-0.2, 0) is 23.0 Å². The van der Waals surface area contributed by atoms with E-state index in [2.05, 4.69) is 20.9 Å². The van der Waals surface area contributed by atoms with Gasteiger partial charge in [0.1, 0.15) is 5.75 Å². The van der Waals surface area contributed by atoms with Crippen molar-refractivity contribution in [1.82, 2.24) is 15.6 Å². The van der Waals surface area contributed by atoms with Crippen molar-refractivity contribution >= 4 is 27.3 Å². The summed E-state index contributed by atoms with van der Waals surface area (Å²) in [5.41, 5.74) is 3.14. The quantitative estimate of drug-likeness (QED) is 0.242. The van der Waals surface area contributed by atoms with Gasteiger partial charge in [0.05, 0.1) is 30.7 Å². The Morgan fingerprint density at radius 3 is 2.71 bits per heavy atom. The summed E-state index contributed by atoms with van der Waals surface area (Å²) in [6.07, 6.45) is 2.44. The predicted molar refractivity (Wildman–Crippen MR) is 161 cm³/mol. The van der Waals surface area contributed by atoms with Crippen molar-refractivity contribution in [2.45, 2.75) is 44.9 Å². The number of hydrogen-bond acceptors (Lipinski definition) is 8. The number of ether oxygens (including phenoxy) is 1. The lowest BCUT2D eigenvalue weighted by Crippen LogP contribution is -2.48. The summed E-state index contributed by atoms with van der Waals surface area (Å²) in [6, 6.07) is 17.6. The zero-order valence-corrected chi connectivity index (χ0v) is 24.4. The molecule has 0 radical (unpaired) electrons. The van der Waals surface area contributed by atoms with Crippen LogP contribution >= 0.6 is 0 Å². The highest BCUT2D eigenvalue weighted by atomic mass is 32.2. The number of nitrogens with one attached hydrogen (secondary N) is 3. The number of anilines is 2. The van der Waals surface area contributed by atoms with Crippen LogP contribution in [0.4, 0.5) is 11.4 Å². The van der Waals surface area contributed by atoms with Gasteiger partial charge in [0.25, 0.3) is 5.91 Å². The molecule has 2 atom stereocenters. The van der Waals surface area contributed by atoms with Crippen LogP contribution in [0.15, 0.2) is 66.9 Å². The maximum absolute atomic E-state index is 13.6. The molecule has 1 aromatic heterocycles. The maximum atomic E-state index is 13.6. The lowest BCUT2D eigenvalue weighted by molar-refractivity contribution is 0.0829. The first-order valence-electron chi connectivity index (χ1n) is 13.9. The number of hydrogen-bond donors (Lipinski definition) is 4.